The van der Waals surface area contributed by atoms with Crippen molar-refractivity contribution in [2.24, 2.45) is 5.73 Å². The predicted molar refractivity (Wildman–Crippen MR) is 53.1 cm³/mol. The average Bonchev–Trinajstić information content (AvgIpc) is 2.15. The van der Waals surface area contributed by atoms with Crippen LogP contribution in [-0.4, -0.2) is 6.04 Å². The van der Waals surface area contributed by atoms with Gasteiger partial charge in [-0.3, -0.25) is 0 Å². The van der Waals surface area contributed by atoms with E-state index in [1.165, 1.54) is 0 Å². The minimum atomic E-state index is 0.201. The Labute approximate surface area is 79.0 Å². The molecule has 68 valence electrons. The molecule has 0 saturated carbocycles. The number of benzene rings is 1. The summed E-state index contributed by atoms with van der Waals surface area (Å²) in [5.74, 6) is 0. The van der Waals surface area contributed by atoms with Crippen molar-refractivity contribution in [1.29, 1.82) is 5.26 Å². The number of nitrogens with two attached hydrogens (primary N) is 1. The van der Waals surface area contributed by atoms with E-state index in [1.807, 2.05) is 31.2 Å². The molecule has 0 fully saturated rings. The highest BCUT2D eigenvalue weighted by Gasteiger charge is 2.01. The van der Waals surface area contributed by atoms with E-state index in [9.17, 15) is 0 Å². The van der Waals surface area contributed by atoms with Gasteiger partial charge in [-0.25, -0.2) is 0 Å². The van der Waals surface area contributed by atoms with Crippen LogP contribution in [0.4, 0.5) is 0 Å². The fourth-order valence-corrected chi connectivity index (χ4v) is 1.23. The van der Waals surface area contributed by atoms with Crippen molar-refractivity contribution < 1.29 is 0 Å². The third-order valence-electron chi connectivity index (χ3n) is 2.01. The van der Waals surface area contributed by atoms with E-state index in [4.69, 9.17) is 11.0 Å². The maximum absolute atomic E-state index is 8.80. The van der Waals surface area contributed by atoms with E-state index < -0.39 is 0 Å². The van der Waals surface area contributed by atoms with Gasteiger partial charge in [-0.15, -0.1) is 0 Å². The number of hydrogen-bond acceptors (Lipinski definition) is 2. The lowest BCUT2D eigenvalue weighted by molar-refractivity contribution is 0.665. The van der Waals surface area contributed by atoms with Gasteiger partial charge in [0.1, 0.15) is 0 Å². The second kappa shape index (κ2) is 4.64. The van der Waals surface area contributed by atoms with E-state index in [-0.39, 0.29) is 6.04 Å². The van der Waals surface area contributed by atoms with Crippen LogP contribution >= 0.6 is 0 Å². The summed E-state index contributed by atoms with van der Waals surface area (Å²) in [5, 5.41) is 8.80. The first-order chi connectivity index (χ1) is 6.24. The number of hydrogen-bond donors (Lipinski definition) is 1. The predicted octanol–water partition coefficient (Wildman–Crippen LogP) is 1.84. The number of aryl methyl sites for hydroxylation is 1. The smallest absolute Gasteiger partial charge is 0.0994 e. The Kier molecular flexibility index (Phi) is 3.48. The van der Waals surface area contributed by atoms with Crippen LogP contribution < -0.4 is 5.73 Å². The van der Waals surface area contributed by atoms with Crippen molar-refractivity contribution in [3.63, 3.8) is 0 Å². The molecule has 2 heteroatoms. The zero-order valence-electron chi connectivity index (χ0n) is 7.83. The number of rotatable bonds is 3. The van der Waals surface area contributed by atoms with Crippen LogP contribution in [0, 0.1) is 11.3 Å². The van der Waals surface area contributed by atoms with Crippen LogP contribution in [0.5, 0.6) is 0 Å². The molecule has 0 aromatic heterocycles. The van der Waals surface area contributed by atoms with Crippen molar-refractivity contribution in [3.05, 3.63) is 35.4 Å². The standard InChI is InChI=1S/C11H14N2/c1-9(13)6-7-10-4-2-3-5-11(10)8-12/h2-5,9H,6-7,13H2,1H3/t9-/m1/s1. The Morgan fingerprint density at radius 1 is 1.46 bits per heavy atom. The first-order valence-corrected chi connectivity index (χ1v) is 4.47. The highest BCUT2D eigenvalue weighted by atomic mass is 14.6. The van der Waals surface area contributed by atoms with Crippen molar-refractivity contribution in [1.82, 2.24) is 0 Å². The summed E-state index contributed by atoms with van der Waals surface area (Å²) in [7, 11) is 0. The molecule has 0 aliphatic rings. The highest BCUT2D eigenvalue weighted by Crippen LogP contribution is 2.10. The fourth-order valence-electron chi connectivity index (χ4n) is 1.23. The summed E-state index contributed by atoms with van der Waals surface area (Å²) in [5.41, 5.74) is 7.52. The van der Waals surface area contributed by atoms with E-state index in [0.29, 0.717) is 0 Å². The van der Waals surface area contributed by atoms with Crippen LogP contribution in [0.25, 0.3) is 0 Å². The molecule has 0 bridgehead atoms. The molecular formula is C11H14N2. The van der Waals surface area contributed by atoms with Gasteiger partial charge in [-0.05, 0) is 31.4 Å². The molecule has 13 heavy (non-hydrogen) atoms. The number of nitrogens with zero attached hydrogens (tertiary/aromatic N) is 1. The summed E-state index contributed by atoms with van der Waals surface area (Å²) in [4.78, 5) is 0. The molecular weight excluding hydrogens is 160 g/mol. The molecule has 0 unspecified atom stereocenters. The lowest BCUT2D eigenvalue weighted by Gasteiger charge is -2.05. The molecule has 0 spiro atoms. The topological polar surface area (TPSA) is 49.8 Å². The van der Waals surface area contributed by atoms with Gasteiger partial charge >= 0.3 is 0 Å². The van der Waals surface area contributed by atoms with Gasteiger partial charge in [0, 0.05) is 6.04 Å². The van der Waals surface area contributed by atoms with Gasteiger partial charge < -0.3 is 5.73 Å². The largest absolute Gasteiger partial charge is 0.328 e. The van der Waals surface area contributed by atoms with E-state index >= 15 is 0 Å². The lowest BCUT2D eigenvalue weighted by Crippen LogP contribution is -2.15. The summed E-state index contributed by atoms with van der Waals surface area (Å²) in [6.07, 6.45) is 1.82. The second-order valence-corrected chi connectivity index (χ2v) is 3.28. The Morgan fingerprint density at radius 2 is 2.15 bits per heavy atom. The molecule has 0 saturated heterocycles. The molecule has 2 N–H and O–H groups in total. The molecule has 0 radical (unpaired) electrons. The summed E-state index contributed by atoms with van der Waals surface area (Å²) in [6.45, 7) is 1.98. The molecule has 0 heterocycles. The Bertz CT molecular complexity index is 310. The monoisotopic (exact) mass is 174 g/mol. The first kappa shape index (κ1) is 9.76. The lowest BCUT2D eigenvalue weighted by atomic mass is 10.0. The molecule has 1 rings (SSSR count). The van der Waals surface area contributed by atoms with Crippen LogP contribution in [0.2, 0.25) is 0 Å². The minimum Gasteiger partial charge on any atom is -0.328 e. The zero-order chi connectivity index (χ0) is 9.68. The molecule has 0 aliphatic carbocycles. The molecule has 1 aromatic carbocycles. The third-order valence-corrected chi connectivity index (χ3v) is 2.01. The van der Waals surface area contributed by atoms with Gasteiger partial charge in [0.15, 0.2) is 0 Å². The van der Waals surface area contributed by atoms with Gasteiger partial charge in [0.2, 0.25) is 0 Å². The summed E-state index contributed by atoms with van der Waals surface area (Å²) in [6, 6.07) is 10.0. The van der Waals surface area contributed by atoms with Crippen LogP contribution in [0.1, 0.15) is 24.5 Å². The second-order valence-electron chi connectivity index (χ2n) is 3.28. The third kappa shape index (κ3) is 2.89. The van der Waals surface area contributed by atoms with Gasteiger partial charge in [-0.2, -0.15) is 5.26 Å². The quantitative estimate of drug-likeness (QED) is 0.760. The first-order valence-electron chi connectivity index (χ1n) is 4.47. The fraction of sp³-hybridized carbons (Fsp3) is 0.364. The van der Waals surface area contributed by atoms with Crippen molar-refractivity contribution in [2.75, 3.05) is 0 Å². The van der Waals surface area contributed by atoms with Crippen molar-refractivity contribution >= 4 is 0 Å². The van der Waals surface area contributed by atoms with Gasteiger partial charge in [-0.1, -0.05) is 18.2 Å². The zero-order valence-corrected chi connectivity index (χ0v) is 7.83. The average molecular weight is 174 g/mol. The van der Waals surface area contributed by atoms with Crippen LogP contribution in [0.15, 0.2) is 24.3 Å². The van der Waals surface area contributed by atoms with Gasteiger partial charge in [0.05, 0.1) is 11.6 Å². The Morgan fingerprint density at radius 3 is 2.77 bits per heavy atom. The van der Waals surface area contributed by atoms with Crippen LogP contribution in [-0.2, 0) is 6.42 Å². The van der Waals surface area contributed by atoms with E-state index in [1.54, 1.807) is 0 Å². The Balaban J connectivity index is 2.71. The minimum absolute atomic E-state index is 0.201. The van der Waals surface area contributed by atoms with Crippen molar-refractivity contribution in [3.8, 4) is 6.07 Å². The van der Waals surface area contributed by atoms with Gasteiger partial charge in [0.25, 0.3) is 0 Å². The maximum Gasteiger partial charge on any atom is 0.0994 e. The highest BCUT2D eigenvalue weighted by molar-refractivity contribution is 5.37. The summed E-state index contributed by atoms with van der Waals surface area (Å²) < 4.78 is 0. The van der Waals surface area contributed by atoms with E-state index in [0.717, 1.165) is 24.0 Å². The molecule has 1 atom stereocenters. The Hall–Kier alpha value is -1.33. The maximum atomic E-state index is 8.80. The SMILES string of the molecule is C[C@@H](N)CCc1ccccc1C#N. The molecule has 0 amide bonds. The summed E-state index contributed by atoms with van der Waals surface area (Å²) >= 11 is 0. The molecule has 0 aliphatic heterocycles. The molecule has 2 nitrogen and oxygen atoms in total. The molecule has 1 aromatic rings. The van der Waals surface area contributed by atoms with Crippen molar-refractivity contribution in [2.45, 2.75) is 25.8 Å². The van der Waals surface area contributed by atoms with E-state index in [2.05, 4.69) is 6.07 Å². The van der Waals surface area contributed by atoms with Crippen LogP contribution in [0.3, 0.4) is 0 Å². The normalized spacial score (nSPS) is 12.1. The number of nitriles is 1.